The van der Waals surface area contributed by atoms with Gasteiger partial charge in [-0.1, -0.05) is 25.4 Å². The molecule has 0 aromatic carbocycles. The zero-order chi connectivity index (χ0) is 21.5. The molecular weight excluding hydrogens is 362 g/mol. The summed E-state index contributed by atoms with van der Waals surface area (Å²) in [5.41, 5.74) is 0. The first-order valence-corrected chi connectivity index (χ1v) is 10.3. The van der Waals surface area contributed by atoms with Gasteiger partial charge in [-0.15, -0.1) is 13.2 Å². The van der Waals surface area contributed by atoms with Crippen LogP contribution in [0.3, 0.4) is 0 Å². The highest BCUT2D eigenvalue weighted by atomic mass is 16.3. The Kier molecular flexibility index (Phi) is 15.4. The van der Waals surface area contributed by atoms with E-state index in [0.717, 1.165) is 32.4 Å². The van der Waals surface area contributed by atoms with E-state index in [9.17, 15) is 20.2 Å². The fourth-order valence-electron chi connectivity index (χ4n) is 3.68. The molecule has 8 heteroatoms. The number of nitrogens with zero attached hydrogens (tertiary/aromatic N) is 2. The number of nitrogens with one attached hydrogen (secondary N) is 1. The van der Waals surface area contributed by atoms with Crippen LogP contribution in [0.15, 0.2) is 18.3 Å². The summed E-state index contributed by atoms with van der Waals surface area (Å²) in [4.78, 5) is 13.2. The van der Waals surface area contributed by atoms with E-state index in [1.165, 1.54) is 0 Å². The monoisotopic (exact) mass is 403 g/mol. The van der Waals surface area contributed by atoms with Gasteiger partial charge in [0.2, 0.25) is 0 Å². The first-order valence-electron chi connectivity index (χ1n) is 10.3. The second kappa shape index (κ2) is 16.0. The van der Waals surface area contributed by atoms with E-state index in [-0.39, 0.29) is 38.0 Å². The Labute approximate surface area is 169 Å². The highest BCUT2D eigenvalue weighted by Crippen LogP contribution is 2.18. The van der Waals surface area contributed by atoms with E-state index in [1.807, 2.05) is 18.7 Å². The highest BCUT2D eigenvalue weighted by molar-refractivity contribution is 4.87. The maximum absolute atomic E-state index is 11.2. The normalized spacial score (nSPS) is 22.0. The second-order valence-corrected chi connectivity index (χ2v) is 7.59. The molecule has 1 aliphatic rings. The van der Waals surface area contributed by atoms with Gasteiger partial charge in [0.25, 0.3) is 0 Å². The maximum Gasteiger partial charge on any atom is 0.107 e. The van der Waals surface area contributed by atoms with Crippen LogP contribution in [0, 0.1) is 10.8 Å². The van der Waals surface area contributed by atoms with E-state index in [2.05, 4.69) is 23.7 Å². The average Bonchev–Trinajstić information content (AvgIpc) is 3.22. The molecule has 6 atom stereocenters. The standard InChI is InChI=1S/C18H37N3O5.C2H4/c1-3-4-13(2)18(25)17(24)12-21(15-5-7-19-10-15)11-14(20-26)9-16(23)6-8-22;1-2/h13-19,22-25H,3-12H2,1-2H3;1-2H2. The Balaban J connectivity index is 0.00000352. The first-order chi connectivity index (χ1) is 13.4. The lowest BCUT2D eigenvalue weighted by Crippen LogP contribution is -2.49. The minimum Gasteiger partial charge on any atom is -0.396 e. The summed E-state index contributed by atoms with van der Waals surface area (Å²) in [6.07, 6.45) is 0.611. The quantitative estimate of drug-likeness (QED) is 0.215. The van der Waals surface area contributed by atoms with Crippen molar-refractivity contribution in [3.63, 3.8) is 0 Å². The van der Waals surface area contributed by atoms with Crippen molar-refractivity contribution in [1.82, 2.24) is 10.2 Å². The molecule has 1 rings (SSSR count). The number of hydrogen-bond donors (Lipinski definition) is 5. The Bertz CT molecular complexity index is 396. The molecule has 1 fully saturated rings. The summed E-state index contributed by atoms with van der Waals surface area (Å²) in [6.45, 7) is 12.1. The van der Waals surface area contributed by atoms with Crippen molar-refractivity contribution >= 4 is 0 Å². The van der Waals surface area contributed by atoms with Gasteiger partial charge in [0, 0.05) is 38.7 Å². The molecule has 0 radical (unpaired) electrons. The van der Waals surface area contributed by atoms with Crippen molar-refractivity contribution in [2.45, 2.75) is 76.3 Å². The van der Waals surface area contributed by atoms with Crippen molar-refractivity contribution in [1.29, 1.82) is 0 Å². The minimum absolute atomic E-state index is 0.00456. The molecule has 28 heavy (non-hydrogen) atoms. The molecule has 0 aromatic heterocycles. The van der Waals surface area contributed by atoms with E-state index in [1.54, 1.807) is 0 Å². The van der Waals surface area contributed by atoms with Crippen LogP contribution in [0.1, 0.15) is 46.0 Å². The molecule has 5 N–H and O–H groups in total. The van der Waals surface area contributed by atoms with Crippen LogP contribution in [0.5, 0.6) is 0 Å². The summed E-state index contributed by atoms with van der Waals surface area (Å²) < 4.78 is 0. The second-order valence-electron chi connectivity index (χ2n) is 7.59. The predicted molar refractivity (Wildman–Crippen MR) is 112 cm³/mol. The largest absolute Gasteiger partial charge is 0.396 e. The fourth-order valence-corrected chi connectivity index (χ4v) is 3.68. The van der Waals surface area contributed by atoms with Crippen molar-refractivity contribution in [3.05, 3.63) is 18.1 Å². The molecule has 0 amide bonds. The third-order valence-corrected chi connectivity index (χ3v) is 5.29. The predicted octanol–water partition coefficient (Wildman–Crippen LogP) is 0.879. The van der Waals surface area contributed by atoms with E-state index in [0.29, 0.717) is 6.54 Å². The minimum atomic E-state index is -0.896. The number of aliphatic hydroxyl groups excluding tert-OH is 4. The highest BCUT2D eigenvalue weighted by Gasteiger charge is 2.31. The van der Waals surface area contributed by atoms with Crippen molar-refractivity contribution in [2.24, 2.45) is 11.1 Å². The number of hydrogen-bond acceptors (Lipinski definition) is 8. The molecule has 6 unspecified atom stereocenters. The topological polar surface area (TPSA) is 126 Å². The van der Waals surface area contributed by atoms with Gasteiger partial charge in [0.1, 0.15) is 6.04 Å². The van der Waals surface area contributed by atoms with Crippen LogP contribution in [0.4, 0.5) is 0 Å². The maximum atomic E-state index is 11.2. The van der Waals surface area contributed by atoms with Crippen molar-refractivity contribution < 1.29 is 20.4 Å². The smallest absolute Gasteiger partial charge is 0.107 e. The Hall–Kier alpha value is -0.900. The molecule has 0 aliphatic carbocycles. The van der Waals surface area contributed by atoms with Crippen molar-refractivity contribution in [3.8, 4) is 0 Å². The lowest BCUT2D eigenvalue weighted by molar-refractivity contribution is -0.0375. The lowest BCUT2D eigenvalue weighted by Gasteiger charge is -2.34. The van der Waals surface area contributed by atoms with Crippen LogP contribution in [0.2, 0.25) is 0 Å². The molecule has 0 spiro atoms. The summed E-state index contributed by atoms with van der Waals surface area (Å²) in [5, 5.41) is 46.0. The Morgan fingerprint density at radius 2 is 1.89 bits per heavy atom. The Morgan fingerprint density at radius 3 is 2.39 bits per heavy atom. The van der Waals surface area contributed by atoms with Crippen LogP contribution in [-0.2, 0) is 0 Å². The molecular formula is C20H41N3O5. The average molecular weight is 404 g/mol. The van der Waals surface area contributed by atoms with Crippen molar-refractivity contribution in [2.75, 3.05) is 32.8 Å². The SMILES string of the molecule is C=C.CCCC(C)C(O)C(O)CN(CC(CC(O)CCO)N=O)C1CCNC1. The molecule has 0 aromatic rings. The van der Waals surface area contributed by atoms with E-state index < -0.39 is 24.4 Å². The van der Waals surface area contributed by atoms with Gasteiger partial charge >= 0.3 is 0 Å². The van der Waals surface area contributed by atoms with Gasteiger partial charge in [-0.2, -0.15) is 4.91 Å². The molecule has 1 saturated heterocycles. The number of rotatable bonds is 14. The van der Waals surface area contributed by atoms with Crippen LogP contribution in [-0.4, -0.2) is 88.5 Å². The molecule has 1 aliphatic heterocycles. The molecule has 0 saturated carbocycles. The molecule has 1 heterocycles. The summed E-state index contributed by atoms with van der Waals surface area (Å²) in [6, 6.07) is -0.452. The third kappa shape index (κ3) is 10.0. The van der Waals surface area contributed by atoms with Gasteiger partial charge in [0.15, 0.2) is 0 Å². The van der Waals surface area contributed by atoms with E-state index >= 15 is 0 Å². The molecule has 8 nitrogen and oxygen atoms in total. The summed E-state index contributed by atoms with van der Waals surface area (Å²) in [5.74, 6) is 0.00456. The third-order valence-electron chi connectivity index (χ3n) is 5.29. The van der Waals surface area contributed by atoms with Crippen LogP contribution < -0.4 is 5.32 Å². The summed E-state index contributed by atoms with van der Waals surface area (Å²) in [7, 11) is 0. The van der Waals surface area contributed by atoms with Gasteiger partial charge in [-0.25, -0.2) is 0 Å². The molecule has 0 bridgehead atoms. The first kappa shape index (κ1) is 27.1. The molecule has 166 valence electrons. The number of aliphatic hydroxyl groups is 4. The Morgan fingerprint density at radius 1 is 1.21 bits per heavy atom. The van der Waals surface area contributed by atoms with Crippen LogP contribution >= 0.6 is 0 Å². The zero-order valence-corrected chi connectivity index (χ0v) is 17.5. The van der Waals surface area contributed by atoms with Gasteiger partial charge in [0.05, 0.1) is 18.3 Å². The van der Waals surface area contributed by atoms with Gasteiger partial charge in [-0.3, -0.25) is 4.90 Å². The lowest BCUT2D eigenvalue weighted by atomic mass is 9.94. The fraction of sp³-hybridized carbons (Fsp3) is 0.900. The van der Waals surface area contributed by atoms with Gasteiger partial charge in [-0.05, 0) is 31.7 Å². The summed E-state index contributed by atoms with van der Waals surface area (Å²) >= 11 is 0. The van der Waals surface area contributed by atoms with Crippen LogP contribution in [0.25, 0.3) is 0 Å². The van der Waals surface area contributed by atoms with Gasteiger partial charge < -0.3 is 25.7 Å². The number of nitroso groups, excluding NO2 is 1. The van der Waals surface area contributed by atoms with E-state index in [4.69, 9.17) is 5.11 Å². The zero-order valence-electron chi connectivity index (χ0n) is 17.5.